The van der Waals surface area contributed by atoms with Gasteiger partial charge in [0.15, 0.2) is 5.78 Å². The number of thioether (sulfide) groups is 1. The van der Waals surface area contributed by atoms with Gasteiger partial charge in [0, 0.05) is 53.3 Å². The summed E-state index contributed by atoms with van der Waals surface area (Å²) in [5.41, 5.74) is 2.80. The van der Waals surface area contributed by atoms with Crippen molar-refractivity contribution in [2.45, 2.75) is 19.4 Å². The molecule has 2 heterocycles. The van der Waals surface area contributed by atoms with Crippen LogP contribution in [0.3, 0.4) is 0 Å². The van der Waals surface area contributed by atoms with Crippen molar-refractivity contribution >= 4 is 40.7 Å². The molecular formula is C25H30ClN3O2S. The third-order valence-corrected chi connectivity index (χ3v) is 7.37. The van der Waals surface area contributed by atoms with Crippen LogP contribution in [-0.2, 0) is 11.3 Å². The van der Waals surface area contributed by atoms with Gasteiger partial charge in [-0.3, -0.25) is 19.4 Å². The predicted molar refractivity (Wildman–Crippen MR) is 133 cm³/mol. The van der Waals surface area contributed by atoms with Gasteiger partial charge in [-0.25, -0.2) is 0 Å². The average molecular weight is 472 g/mol. The van der Waals surface area contributed by atoms with Gasteiger partial charge in [-0.2, -0.15) is 11.8 Å². The molecule has 2 aromatic rings. The molecule has 0 bridgehead atoms. The van der Waals surface area contributed by atoms with Crippen molar-refractivity contribution in [2.24, 2.45) is 5.92 Å². The van der Waals surface area contributed by atoms with Gasteiger partial charge in [0.2, 0.25) is 5.91 Å². The molecule has 2 saturated heterocycles. The Bertz CT molecular complexity index is 923. The van der Waals surface area contributed by atoms with Crippen LogP contribution in [0.1, 0.15) is 28.8 Å². The highest BCUT2D eigenvalue weighted by molar-refractivity contribution is 7.99. The van der Waals surface area contributed by atoms with Crippen LogP contribution in [0.2, 0.25) is 5.02 Å². The fourth-order valence-electron chi connectivity index (χ4n) is 4.37. The lowest BCUT2D eigenvalue weighted by Crippen LogP contribution is -2.40. The van der Waals surface area contributed by atoms with Gasteiger partial charge < -0.3 is 5.32 Å². The van der Waals surface area contributed by atoms with E-state index in [1.165, 1.54) is 17.1 Å². The zero-order valence-electron chi connectivity index (χ0n) is 18.3. The molecule has 4 rings (SSSR count). The molecule has 32 heavy (non-hydrogen) atoms. The zero-order valence-corrected chi connectivity index (χ0v) is 19.8. The average Bonchev–Trinajstić information content (AvgIpc) is 2.80. The molecule has 170 valence electrons. The van der Waals surface area contributed by atoms with Crippen LogP contribution in [0.15, 0.2) is 48.5 Å². The number of piperidine rings is 1. The predicted octanol–water partition coefficient (Wildman–Crippen LogP) is 4.42. The molecular weight excluding hydrogens is 442 g/mol. The lowest BCUT2D eigenvalue weighted by Gasteiger charge is -2.30. The third-order valence-electron chi connectivity index (χ3n) is 6.17. The largest absolute Gasteiger partial charge is 0.325 e. The normalized spacial score (nSPS) is 18.4. The first-order valence-electron chi connectivity index (χ1n) is 11.3. The van der Waals surface area contributed by atoms with Crippen molar-refractivity contribution < 1.29 is 9.59 Å². The minimum Gasteiger partial charge on any atom is -0.325 e. The second kappa shape index (κ2) is 11.3. The van der Waals surface area contributed by atoms with Crippen molar-refractivity contribution in [1.82, 2.24) is 9.80 Å². The van der Waals surface area contributed by atoms with E-state index in [0.29, 0.717) is 17.1 Å². The maximum atomic E-state index is 12.7. The van der Waals surface area contributed by atoms with Crippen molar-refractivity contribution in [2.75, 3.05) is 49.5 Å². The summed E-state index contributed by atoms with van der Waals surface area (Å²) in [6.07, 6.45) is 1.55. The Morgan fingerprint density at radius 2 is 1.69 bits per heavy atom. The maximum Gasteiger partial charge on any atom is 0.238 e. The molecule has 2 aliphatic heterocycles. The molecule has 0 aliphatic carbocycles. The van der Waals surface area contributed by atoms with E-state index in [9.17, 15) is 9.59 Å². The zero-order chi connectivity index (χ0) is 22.3. The molecule has 1 N–H and O–H groups in total. The highest BCUT2D eigenvalue weighted by Gasteiger charge is 2.26. The number of hydrogen-bond acceptors (Lipinski definition) is 5. The Morgan fingerprint density at radius 3 is 2.41 bits per heavy atom. The van der Waals surface area contributed by atoms with Crippen LogP contribution < -0.4 is 5.32 Å². The minimum atomic E-state index is -0.000926. The Morgan fingerprint density at radius 1 is 0.969 bits per heavy atom. The van der Waals surface area contributed by atoms with E-state index < -0.39 is 0 Å². The Hall–Kier alpha value is -1.86. The number of carbonyl (C=O) groups excluding carboxylic acids is 2. The fourth-order valence-corrected chi connectivity index (χ4v) is 5.48. The highest BCUT2D eigenvalue weighted by atomic mass is 35.5. The first-order chi connectivity index (χ1) is 15.6. The number of benzene rings is 2. The Kier molecular flexibility index (Phi) is 8.25. The highest BCUT2D eigenvalue weighted by Crippen LogP contribution is 2.23. The van der Waals surface area contributed by atoms with Gasteiger partial charge in [0.05, 0.1) is 6.54 Å². The number of anilines is 1. The summed E-state index contributed by atoms with van der Waals surface area (Å²) in [5, 5.41) is 3.69. The monoisotopic (exact) mass is 471 g/mol. The van der Waals surface area contributed by atoms with Crippen molar-refractivity contribution in [3.8, 4) is 0 Å². The van der Waals surface area contributed by atoms with Crippen LogP contribution in [0.5, 0.6) is 0 Å². The van der Waals surface area contributed by atoms with E-state index in [0.717, 1.165) is 51.3 Å². The van der Waals surface area contributed by atoms with Crippen LogP contribution in [-0.4, -0.2) is 65.7 Å². The van der Waals surface area contributed by atoms with Gasteiger partial charge in [-0.1, -0.05) is 23.7 Å². The molecule has 1 amide bonds. The van der Waals surface area contributed by atoms with E-state index in [4.69, 9.17) is 11.6 Å². The summed E-state index contributed by atoms with van der Waals surface area (Å²) in [4.78, 5) is 29.9. The molecule has 0 unspecified atom stereocenters. The number of carbonyl (C=O) groups is 2. The van der Waals surface area contributed by atoms with Crippen LogP contribution in [0.4, 0.5) is 5.69 Å². The van der Waals surface area contributed by atoms with Gasteiger partial charge >= 0.3 is 0 Å². The Labute approximate surface area is 199 Å². The van der Waals surface area contributed by atoms with Crippen molar-refractivity contribution in [3.05, 3.63) is 64.7 Å². The summed E-state index contributed by atoms with van der Waals surface area (Å²) >= 11 is 7.93. The standard InChI is InChI=1S/C25H30ClN3O2S/c26-22-6-4-20(5-7-22)25(31)21-8-10-28(11-9-21)18-24(30)27-23-3-1-2-19(16-23)17-29-12-14-32-15-13-29/h1-7,16,21H,8-15,17-18H2,(H,27,30). The molecule has 0 spiro atoms. The summed E-state index contributed by atoms with van der Waals surface area (Å²) in [6, 6.07) is 15.3. The maximum absolute atomic E-state index is 12.7. The summed E-state index contributed by atoms with van der Waals surface area (Å²) in [5.74, 6) is 2.57. The van der Waals surface area contributed by atoms with Crippen LogP contribution >= 0.6 is 23.4 Å². The number of hydrogen-bond donors (Lipinski definition) is 1. The number of amides is 1. The molecule has 0 radical (unpaired) electrons. The van der Waals surface area contributed by atoms with Crippen LogP contribution in [0.25, 0.3) is 0 Å². The summed E-state index contributed by atoms with van der Waals surface area (Å²) < 4.78 is 0. The number of Topliss-reactive ketones (excluding diaryl/α,β-unsaturated/α-hetero) is 1. The lowest BCUT2D eigenvalue weighted by molar-refractivity contribution is -0.117. The van der Waals surface area contributed by atoms with Gasteiger partial charge in [-0.15, -0.1) is 0 Å². The third kappa shape index (κ3) is 6.58. The second-order valence-electron chi connectivity index (χ2n) is 8.56. The van der Waals surface area contributed by atoms with Crippen molar-refractivity contribution in [1.29, 1.82) is 0 Å². The molecule has 0 saturated carbocycles. The van der Waals surface area contributed by atoms with Gasteiger partial charge in [0.1, 0.15) is 0 Å². The number of nitrogens with one attached hydrogen (secondary N) is 1. The smallest absolute Gasteiger partial charge is 0.238 e. The van der Waals surface area contributed by atoms with Gasteiger partial charge in [0.25, 0.3) is 0 Å². The summed E-state index contributed by atoms with van der Waals surface area (Å²) in [7, 11) is 0. The quantitative estimate of drug-likeness (QED) is 0.606. The number of rotatable bonds is 7. The lowest BCUT2D eigenvalue weighted by atomic mass is 9.89. The molecule has 2 aromatic carbocycles. The van der Waals surface area contributed by atoms with E-state index in [-0.39, 0.29) is 17.6 Å². The van der Waals surface area contributed by atoms with Crippen LogP contribution in [0, 0.1) is 5.92 Å². The first-order valence-corrected chi connectivity index (χ1v) is 12.8. The second-order valence-corrected chi connectivity index (χ2v) is 10.2. The number of nitrogens with zero attached hydrogens (tertiary/aromatic N) is 2. The first kappa shape index (κ1) is 23.3. The number of ketones is 1. The molecule has 7 heteroatoms. The van der Waals surface area contributed by atoms with Crippen molar-refractivity contribution in [3.63, 3.8) is 0 Å². The number of likely N-dealkylation sites (tertiary alicyclic amines) is 1. The molecule has 2 aliphatic rings. The molecule has 5 nitrogen and oxygen atoms in total. The SMILES string of the molecule is O=C(CN1CCC(C(=O)c2ccc(Cl)cc2)CC1)Nc1cccc(CN2CCSCC2)c1. The Balaban J connectivity index is 1.23. The minimum absolute atomic E-state index is 0.000926. The van der Waals surface area contributed by atoms with Gasteiger partial charge in [-0.05, 0) is 67.9 Å². The topological polar surface area (TPSA) is 52.7 Å². The summed E-state index contributed by atoms with van der Waals surface area (Å²) in [6.45, 7) is 5.04. The van der Waals surface area contributed by atoms with E-state index >= 15 is 0 Å². The fraction of sp³-hybridized carbons (Fsp3) is 0.440. The van der Waals surface area contributed by atoms with E-state index in [1.807, 2.05) is 23.9 Å². The molecule has 2 fully saturated rings. The van der Waals surface area contributed by atoms with E-state index in [2.05, 4.69) is 27.2 Å². The molecule has 0 atom stereocenters. The number of halogens is 1. The molecule has 0 aromatic heterocycles. The van der Waals surface area contributed by atoms with E-state index in [1.54, 1.807) is 24.3 Å².